The molecular formula is C33H38O22. The molecule has 2 aromatic rings. The van der Waals surface area contributed by atoms with Gasteiger partial charge in [0.15, 0.2) is 23.9 Å². The summed E-state index contributed by atoms with van der Waals surface area (Å²) in [7, 11) is 0. The summed E-state index contributed by atoms with van der Waals surface area (Å²) in [6, 6.07) is 5.92. The van der Waals surface area contributed by atoms with Crippen LogP contribution in [0.4, 0.5) is 0 Å². The molecular weight excluding hydrogens is 748 g/mol. The van der Waals surface area contributed by atoms with E-state index >= 15 is 0 Å². The number of rotatable bonds is 13. The average molecular weight is 787 g/mol. The van der Waals surface area contributed by atoms with Crippen molar-refractivity contribution in [3.63, 3.8) is 0 Å². The first-order valence-corrected chi connectivity index (χ1v) is 16.5. The fourth-order valence-corrected chi connectivity index (χ4v) is 6.03. The number of aliphatic hydroxyl groups excluding tert-OH is 6. The van der Waals surface area contributed by atoms with Gasteiger partial charge in [0.1, 0.15) is 80.0 Å². The number of aromatic hydroxyl groups is 4. The van der Waals surface area contributed by atoms with Crippen molar-refractivity contribution in [1.82, 2.24) is 0 Å². The van der Waals surface area contributed by atoms with E-state index in [1.54, 1.807) is 0 Å². The number of hydrogen-bond donors (Lipinski definition) is 10. The molecule has 0 aromatic heterocycles. The highest BCUT2D eigenvalue weighted by Crippen LogP contribution is 2.46. The Balaban J connectivity index is 1.43. The fraction of sp³-hybridized carbons (Fsp3) is 0.515. The minimum absolute atomic E-state index is 0.0377. The molecule has 22 heteroatoms. The predicted octanol–water partition coefficient (Wildman–Crippen LogP) is -4.58. The summed E-state index contributed by atoms with van der Waals surface area (Å²) in [5.74, 6) is -7.37. The number of carboxylic acid groups (broad SMARTS) is 2. The molecule has 3 heterocycles. The Kier molecular flexibility index (Phi) is 12.8. The van der Waals surface area contributed by atoms with Crippen molar-refractivity contribution in [3.05, 3.63) is 41.5 Å². The van der Waals surface area contributed by atoms with Crippen LogP contribution in [0.2, 0.25) is 0 Å². The number of ether oxygens (including phenoxy) is 7. The molecule has 2 aromatic carbocycles. The molecule has 0 amide bonds. The highest BCUT2D eigenvalue weighted by Gasteiger charge is 2.50. The molecule has 5 rings (SSSR count). The first-order valence-electron chi connectivity index (χ1n) is 16.5. The Labute approximate surface area is 308 Å². The summed E-state index contributed by atoms with van der Waals surface area (Å²) in [5, 5.41) is 114. The zero-order valence-electron chi connectivity index (χ0n) is 28.3. The zero-order chi connectivity index (χ0) is 40.3. The molecule has 3 aliphatic rings. The minimum Gasteiger partial charge on any atom is -0.575 e. The van der Waals surface area contributed by atoms with Crippen LogP contribution in [0, 0.1) is 0 Å². The van der Waals surface area contributed by atoms with E-state index in [0.29, 0.717) is 0 Å². The second-order valence-electron chi connectivity index (χ2n) is 12.8. The van der Waals surface area contributed by atoms with Gasteiger partial charge in [0.05, 0.1) is 24.0 Å². The van der Waals surface area contributed by atoms with E-state index in [-0.39, 0.29) is 29.0 Å². The Morgan fingerprint density at radius 2 is 1.33 bits per heavy atom. The molecule has 55 heavy (non-hydrogen) atoms. The van der Waals surface area contributed by atoms with Gasteiger partial charge in [-0.05, 0) is 18.2 Å². The number of benzene rings is 2. The molecule has 0 radical (unpaired) electrons. The summed E-state index contributed by atoms with van der Waals surface area (Å²) in [4.78, 5) is 45.1. The number of aliphatic hydroxyl groups is 7. The van der Waals surface area contributed by atoms with Crippen molar-refractivity contribution in [3.8, 4) is 28.7 Å². The van der Waals surface area contributed by atoms with Crippen molar-refractivity contribution in [2.45, 2.75) is 92.9 Å². The molecule has 302 valence electrons. The number of aliphatic carboxylic acids is 2. The van der Waals surface area contributed by atoms with Crippen LogP contribution in [0.5, 0.6) is 28.7 Å². The van der Waals surface area contributed by atoms with Crippen molar-refractivity contribution < 1.29 is 109 Å². The third kappa shape index (κ3) is 9.62. The lowest BCUT2D eigenvalue weighted by Gasteiger charge is -2.42. The standard InChI is InChI=1S/C33H38O22/c34-12-4-16-13(17(5-12)52-32-29(47)27(45)25(43)19(54-32)9-49-23(41)7-21(37)38)6-18(31(51-16)11-1-2-14(35)15(36)3-11)53-33-30(48)28(46)26(44)20(55-33)10-50-24(42)8-22(39)40/h1-5,18-20,25-36,43-48H,6-10H2,(H,37,38)(H,39,40). The number of carboxylic acids is 2. The molecule has 2 fully saturated rings. The number of phenols is 3. The lowest BCUT2D eigenvalue weighted by atomic mass is 9.93. The van der Waals surface area contributed by atoms with Gasteiger partial charge in [0, 0.05) is 18.1 Å². The van der Waals surface area contributed by atoms with E-state index in [1.807, 2.05) is 0 Å². The van der Waals surface area contributed by atoms with Crippen molar-refractivity contribution in [2.24, 2.45) is 0 Å². The number of hydrogen-bond acceptors (Lipinski definition) is 20. The monoisotopic (exact) mass is 786 g/mol. The maximum Gasteiger partial charge on any atom is 0.317 e. The first kappa shape index (κ1) is 41.1. The van der Waals surface area contributed by atoms with Crippen LogP contribution in [0.1, 0.15) is 30.1 Å². The normalized spacial score (nSPS) is 31.7. The van der Waals surface area contributed by atoms with Gasteiger partial charge in [0.2, 0.25) is 12.4 Å². The topological polar surface area (TPSA) is 362 Å². The fourth-order valence-electron chi connectivity index (χ4n) is 6.03. The van der Waals surface area contributed by atoms with Crippen molar-refractivity contribution in [2.75, 3.05) is 13.2 Å². The summed E-state index contributed by atoms with van der Waals surface area (Å²) in [6.07, 6.45) is -23.0. The van der Waals surface area contributed by atoms with Crippen LogP contribution >= 0.6 is 0 Å². The summed E-state index contributed by atoms with van der Waals surface area (Å²) < 4.78 is 37.4. The van der Waals surface area contributed by atoms with Gasteiger partial charge >= 0.3 is 17.9 Å². The lowest BCUT2D eigenvalue weighted by molar-refractivity contribution is -0.323. The highest BCUT2D eigenvalue weighted by molar-refractivity contribution is 5.90. The van der Waals surface area contributed by atoms with Gasteiger partial charge in [-0.25, -0.2) is 0 Å². The predicted molar refractivity (Wildman–Crippen MR) is 169 cm³/mol. The Hall–Kier alpha value is -5.04. The van der Waals surface area contributed by atoms with E-state index in [2.05, 4.69) is 4.74 Å². The van der Waals surface area contributed by atoms with Gasteiger partial charge in [0.25, 0.3) is 5.75 Å². The van der Waals surface area contributed by atoms with Gasteiger partial charge in [-0.3, -0.25) is 14.4 Å². The lowest BCUT2D eigenvalue weighted by Crippen LogP contribution is -2.60. The number of esters is 2. The highest BCUT2D eigenvalue weighted by atomic mass is 16.7. The zero-order valence-corrected chi connectivity index (χ0v) is 28.3. The van der Waals surface area contributed by atoms with Gasteiger partial charge in [-0.1, -0.05) is 0 Å². The molecule has 0 aliphatic carbocycles. The summed E-state index contributed by atoms with van der Waals surface area (Å²) in [6.45, 7) is -1.55. The molecule has 0 saturated carbocycles. The molecule has 12 atom stereocenters. The van der Waals surface area contributed by atoms with Gasteiger partial charge < -0.3 is 94.1 Å². The number of fused-ring (bicyclic) bond motifs is 1. The quantitative estimate of drug-likeness (QED) is 0.0395. The Morgan fingerprint density at radius 3 is 1.91 bits per heavy atom. The van der Waals surface area contributed by atoms with E-state index in [0.717, 1.165) is 18.2 Å². The molecule has 12 unspecified atom stereocenters. The number of phenolic OH excluding ortho intramolecular Hbond substituents is 3. The van der Waals surface area contributed by atoms with Crippen LogP contribution in [0.15, 0.2) is 30.3 Å². The van der Waals surface area contributed by atoms with Crippen LogP contribution in [0.25, 0.3) is 0 Å². The average Bonchev–Trinajstić information content (AvgIpc) is 3.11. The Morgan fingerprint density at radius 1 is 0.745 bits per heavy atom. The molecule has 2 saturated heterocycles. The molecule has 22 nitrogen and oxygen atoms in total. The number of carbonyl (C=O) groups excluding carboxylic acids is 3. The SMILES string of the molecule is O=C([O-])CC(=O)OCC1OC(OC2Cc3c(OC4OC(COC(=O)CC(=O)O)C(O)C(O)C4O)cc(O)cc3[OH+]C2c2ccc(O)c(O)c2)C(O)C(O)C1O. The van der Waals surface area contributed by atoms with Gasteiger partial charge in [-0.15, -0.1) is 0 Å². The second-order valence-corrected chi connectivity index (χ2v) is 12.8. The van der Waals surface area contributed by atoms with E-state index in [1.165, 1.54) is 12.1 Å². The third-order valence-electron chi connectivity index (χ3n) is 8.84. The van der Waals surface area contributed by atoms with Crippen molar-refractivity contribution in [1.29, 1.82) is 0 Å². The first-order chi connectivity index (χ1) is 25.9. The maximum absolute atomic E-state index is 11.8. The minimum atomic E-state index is -1.95. The van der Waals surface area contributed by atoms with Crippen molar-refractivity contribution >= 4 is 23.9 Å². The van der Waals surface area contributed by atoms with Gasteiger partial charge in [-0.2, -0.15) is 0 Å². The largest absolute Gasteiger partial charge is 0.575 e. The number of carbonyl (C=O) groups is 4. The van der Waals surface area contributed by atoms with E-state index in [4.69, 9.17) is 33.5 Å². The summed E-state index contributed by atoms with van der Waals surface area (Å²) in [5.41, 5.74) is 0.334. The third-order valence-corrected chi connectivity index (χ3v) is 8.84. The second kappa shape index (κ2) is 17.2. The van der Waals surface area contributed by atoms with Crippen LogP contribution < -0.4 is 9.84 Å². The maximum atomic E-state index is 11.8. The van der Waals surface area contributed by atoms with Crippen LogP contribution in [0.3, 0.4) is 0 Å². The molecule has 0 spiro atoms. The molecule has 0 bridgehead atoms. The molecule has 3 aliphatic heterocycles. The summed E-state index contributed by atoms with van der Waals surface area (Å²) >= 11 is 0. The Bertz CT molecular complexity index is 1730. The van der Waals surface area contributed by atoms with E-state index < -0.39 is 141 Å². The van der Waals surface area contributed by atoms with Crippen LogP contribution in [-0.4, -0.2) is 160 Å². The molecule has 11 N–H and O–H groups in total. The van der Waals surface area contributed by atoms with Crippen LogP contribution in [-0.2, 0) is 49.3 Å². The van der Waals surface area contributed by atoms with E-state index in [9.17, 15) is 70.2 Å². The smallest absolute Gasteiger partial charge is 0.317 e.